The molecule has 0 N–H and O–H groups in total. The van der Waals surface area contributed by atoms with E-state index in [0.717, 1.165) is 0 Å². The molecule has 6 heteroatoms. The Hall–Kier alpha value is 1.29. The summed E-state index contributed by atoms with van der Waals surface area (Å²) in [6, 6.07) is 0. The van der Waals surface area contributed by atoms with Crippen LogP contribution < -0.4 is 0 Å². The molecule has 0 unspecified atom stereocenters. The Morgan fingerprint density at radius 3 is 0.500 bits per heavy atom. The van der Waals surface area contributed by atoms with Crippen LogP contribution in [0.2, 0.25) is 0 Å². The fourth-order valence-corrected chi connectivity index (χ4v) is 0. The van der Waals surface area contributed by atoms with Gasteiger partial charge in [-0.3, -0.25) is 0 Å². The van der Waals surface area contributed by atoms with Gasteiger partial charge in [-0.25, -0.2) is 0 Å². The summed E-state index contributed by atoms with van der Waals surface area (Å²) in [5, 5.41) is 0. The van der Waals surface area contributed by atoms with Gasteiger partial charge in [-0.1, -0.05) is 0 Å². The van der Waals surface area contributed by atoms with E-state index in [-0.39, 0.29) is 66.3 Å². The Kier molecular flexibility index (Phi) is 3030. The van der Waals surface area contributed by atoms with Crippen LogP contribution in [0.5, 0.6) is 0 Å². The molecule has 4 nitrogen and oxygen atoms in total. The van der Waals surface area contributed by atoms with Crippen molar-refractivity contribution in [3.05, 3.63) is 0 Å². The predicted octanol–water partition coefficient (Wildman–Crippen LogP) is -0.480. The summed E-state index contributed by atoms with van der Waals surface area (Å²) in [7, 11) is 0. The zero-order chi connectivity index (χ0) is 0. The largest absolute Gasteiger partial charge is 3.00 e. The molecule has 0 fully saturated rings. The zero-order valence-electron chi connectivity index (χ0n) is 2.66. The van der Waals surface area contributed by atoms with Gasteiger partial charge in [0.05, 0.1) is 0 Å². The van der Waals surface area contributed by atoms with Crippen molar-refractivity contribution in [2.24, 2.45) is 0 Å². The van der Waals surface area contributed by atoms with Crippen molar-refractivity contribution < 1.29 is 66.3 Å². The van der Waals surface area contributed by atoms with E-state index in [9.17, 15) is 0 Å². The smallest absolute Gasteiger partial charge is 2.00 e. The van der Waals surface area contributed by atoms with Crippen molar-refractivity contribution in [3.63, 3.8) is 0 Å². The number of hydrogen-bond donors (Lipinski definition) is 0. The Balaban J connectivity index is 0. The van der Waals surface area contributed by atoms with E-state index in [2.05, 4.69) is 0 Å². The van der Waals surface area contributed by atoms with E-state index in [4.69, 9.17) is 0 Å². The minimum absolute atomic E-state index is 0. The van der Waals surface area contributed by atoms with Gasteiger partial charge in [0.25, 0.3) is 0 Å². The maximum Gasteiger partial charge on any atom is 3.00 e. The van der Waals surface area contributed by atoms with E-state index in [1.807, 2.05) is 0 Å². The molecule has 0 aromatic carbocycles. The van der Waals surface area contributed by atoms with E-state index in [1.165, 1.54) is 0 Å². The summed E-state index contributed by atoms with van der Waals surface area (Å²) in [6.07, 6.45) is 0. The molecule has 37 valence electrons. The van der Waals surface area contributed by atoms with Crippen molar-refractivity contribution in [3.8, 4) is 0 Å². The van der Waals surface area contributed by atoms with Gasteiger partial charge in [0.2, 0.25) is 0 Å². The normalized spacial score (nSPS) is 0. The third kappa shape index (κ3) is 58.3. The maximum absolute atomic E-state index is 0. The van der Waals surface area contributed by atoms with Crippen LogP contribution >= 0.6 is 0 Å². The third-order valence-electron chi connectivity index (χ3n) is 0. The Labute approximate surface area is 66.2 Å². The molecule has 0 aliphatic carbocycles. The quantitative estimate of drug-likeness (QED) is 0.455. The van der Waals surface area contributed by atoms with Gasteiger partial charge in [-0.2, -0.15) is 0 Å². The number of hydrogen-bond acceptors (Lipinski definition) is 0. The predicted molar refractivity (Wildman–Crippen MR) is 2.75 cm³/mol. The molecule has 0 aromatic heterocycles. The van der Waals surface area contributed by atoms with Crippen LogP contribution in [0.25, 0.3) is 0 Å². The molecule has 1 radical (unpaired) electrons. The molecule has 0 atom stereocenters. The molecule has 0 saturated heterocycles. The summed E-state index contributed by atoms with van der Waals surface area (Å²) in [5.41, 5.74) is 0. The molecule has 0 amide bonds. The fourth-order valence-electron chi connectivity index (χ4n) is 0. The van der Waals surface area contributed by atoms with Gasteiger partial charge < -0.3 is 21.9 Å². The summed E-state index contributed by atoms with van der Waals surface area (Å²) < 4.78 is 0. The zero-order valence-corrected chi connectivity index (χ0v) is 5.86. The van der Waals surface area contributed by atoms with Crippen LogP contribution in [0.3, 0.4) is 0 Å². The first-order valence-electron chi connectivity index (χ1n) is 0. The maximum atomic E-state index is 0. The van der Waals surface area contributed by atoms with Crippen LogP contribution in [0, 0.1) is 0 Å². The second kappa shape index (κ2) is 105. The summed E-state index contributed by atoms with van der Waals surface area (Å²) in [5.74, 6) is 0. The Morgan fingerprint density at radius 1 is 0.500 bits per heavy atom. The van der Waals surface area contributed by atoms with E-state index in [0.29, 0.717) is 0 Å². The standard InChI is InChI=1S/4O.Sc.V/q4*-2;+3;. The van der Waals surface area contributed by atoms with Crippen molar-refractivity contribution in [1.82, 2.24) is 0 Å². The van der Waals surface area contributed by atoms with Gasteiger partial charge >= 0.3 is 25.8 Å². The van der Waals surface area contributed by atoms with Gasteiger partial charge in [0.15, 0.2) is 0 Å². The van der Waals surface area contributed by atoms with Gasteiger partial charge in [-0.05, 0) is 0 Å². The second-order valence-corrected chi connectivity index (χ2v) is 0. The third-order valence-corrected chi connectivity index (χ3v) is 0. The second-order valence-electron chi connectivity index (χ2n) is 0. The van der Waals surface area contributed by atoms with Crippen LogP contribution in [0.4, 0.5) is 0 Å². The van der Waals surface area contributed by atoms with Crippen molar-refractivity contribution in [2.75, 3.05) is 0 Å². The molecule has 0 aromatic rings. The number of rotatable bonds is 0. The molecular formula is O4ScV-5. The molecular weight excluding hydrogens is 160 g/mol. The van der Waals surface area contributed by atoms with Crippen molar-refractivity contribution >= 4 is 0 Å². The topological polar surface area (TPSA) is 114 Å². The van der Waals surface area contributed by atoms with Crippen LogP contribution in [0.15, 0.2) is 0 Å². The minimum Gasteiger partial charge on any atom is -2.00 e. The average molecular weight is 160 g/mol. The summed E-state index contributed by atoms with van der Waals surface area (Å²) in [4.78, 5) is 0. The van der Waals surface area contributed by atoms with Crippen LogP contribution in [-0.4, -0.2) is 0 Å². The SMILES string of the molecule is [O-2].[O-2].[O-2].[O-2].[Sc+3].[V]. The minimum atomic E-state index is 0. The van der Waals surface area contributed by atoms with Crippen LogP contribution in [-0.2, 0) is 66.3 Å². The summed E-state index contributed by atoms with van der Waals surface area (Å²) in [6.45, 7) is 0. The molecule has 0 aliphatic rings. The fraction of sp³-hybridized carbons (Fsp3) is 0. The van der Waals surface area contributed by atoms with Gasteiger partial charge in [0.1, 0.15) is 0 Å². The monoisotopic (exact) mass is 160 g/mol. The Morgan fingerprint density at radius 2 is 0.500 bits per heavy atom. The van der Waals surface area contributed by atoms with Gasteiger partial charge in [-0.15, -0.1) is 0 Å². The molecule has 0 bridgehead atoms. The van der Waals surface area contributed by atoms with Crippen molar-refractivity contribution in [1.29, 1.82) is 0 Å². The molecule has 0 heterocycles. The molecule has 0 aliphatic heterocycles. The van der Waals surface area contributed by atoms with E-state index >= 15 is 0 Å². The molecule has 0 spiro atoms. The van der Waals surface area contributed by atoms with E-state index < -0.39 is 0 Å². The average Bonchev–Trinajstić information content (AvgIpc) is 0. The summed E-state index contributed by atoms with van der Waals surface area (Å²) >= 11 is 0. The first-order valence-corrected chi connectivity index (χ1v) is 0. The van der Waals surface area contributed by atoms with E-state index in [1.54, 1.807) is 0 Å². The first kappa shape index (κ1) is 172. The Bertz CT molecular complexity index is 7.51. The first-order chi connectivity index (χ1) is 0. The molecule has 6 heavy (non-hydrogen) atoms. The van der Waals surface area contributed by atoms with Gasteiger partial charge in [0, 0.05) is 18.6 Å². The van der Waals surface area contributed by atoms with Crippen LogP contribution in [0.1, 0.15) is 0 Å². The molecule has 0 rings (SSSR count). The van der Waals surface area contributed by atoms with Crippen molar-refractivity contribution in [2.45, 2.75) is 0 Å². The molecule has 0 saturated carbocycles.